The third-order valence-electron chi connectivity index (χ3n) is 11.3. The van der Waals surface area contributed by atoms with Gasteiger partial charge in [-0.05, 0) is 86.0 Å². The third kappa shape index (κ3) is 1.80. The number of ketones is 1. The molecule has 2 spiro atoms. The number of ether oxygens (including phenoxy) is 1. The van der Waals surface area contributed by atoms with E-state index < -0.39 is 11.8 Å². The normalized spacial score (nSPS) is 58.2. The molecule has 156 valence electrons. The summed E-state index contributed by atoms with van der Waals surface area (Å²) in [5.41, 5.74) is 0.699. The van der Waals surface area contributed by atoms with E-state index in [1.165, 1.54) is 18.4 Å². The van der Waals surface area contributed by atoms with E-state index >= 15 is 4.39 Å². The predicted octanol–water partition coefficient (Wildman–Crippen LogP) is 4.79. The average Bonchev–Trinajstić information content (AvgIpc) is 3.55. The molecule has 29 heavy (non-hydrogen) atoms. The number of carbonyl (C=O) groups is 2. The number of hydrogen-bond acceptors (Lipinski definition) is 3. The van der Waals surface area contributed by atoms with Crippen molar-refractivity contribution >= 4 is 11.8 Å². The standard InChI is InChI=1S/C25H31FO3/c1-22-12-17(26)21-14(15(22)3-5-25(22)6-4-20(28)29-25)11-24(7-8-24)19-10-18(27)13-9-16(13)23(19,21)2/h10,13-17,21H,3-9,11-12H2,1-2H3/t13?,14?,15?,16-,17-,21?,22-,23-,25+/m0/s1. The highest BCUT2D eigenvalue weighted by Gasteiger charge is 2.76. The van der Waals surface area contributed by atoms with Crippen LogP contribution >= 0.6 is 0 Å². The molecule has 3 nitrogen and oxygen atoms in total. The Kier molecular flexibility index (Phi) is 2.91. The molecule has 0 aromatic carbocycles. The number of esters is 1. The minimum Gasteiger partial charge on any atom is -0.458 e. The van der Waals surface area contributed by atoms with Crippen LogP contribution in [-0.4, -0.2) is 23.5 Å². The van der Waals surface area contributed by atoms with Gasteiger partial charge in [-0.15, -0.1) is 0 Å². The van der Waals surface area contributed by atoms with E-state index in [2.05, 4.69) is 13.8 Å². The van der Waals surface area contributed by atoms with Gasteiger partial charge in [-0.1, -0.05) is 19.4 Å². The monoisotopic (exact) mass is 398 g/mol. The molecule has 0 amide bonds. The van der Waals surface area contributed by atoms with Crippen molar-refractivity contribution in [2.45, 2.75) is 83.4 Å². The number of rotatable bonds is 0. The number of fused-ring (bicyclic) bond motifs is 9. The molecule has 1 saturated heterocycles. The molecule has 0 radical (unpaired) electrons. The Balaban J connectivity index is 1.35. The van der Waals surface area contributed by atoms with Gasteiger partial charge in [-0.2, -0.15) is 0 Å². The second-order valence-corrected chi connectivity index (χ2v) is 12.1. The van der Waals surface area contributed by atoms with Gasteiger partial charge in [0.25, 0.3) is 0 Å². The van der Waals surface area contributed by atoms with Gasteiger partial charge in [-0.25, -0.2) is 4.39 Å². The molecular formula is C25H31FO3. The fourth-order valence-electron chi connectivity index (χ4n) is 9.81. The van der Waals surface area contributed by atoms with Crippen LogP contribution in [0, 0.1) is 45.8 Å². The smallest absolute Gasteiger partial charge is 0.306 e. The van der Waals surface area contributed by atoms with E-state index in [0.29, 0.717) is 36.4 Å². The quantitative estimate of drug-likeness (QED) is 0.551. The molecule has 4 heteroatoms. The van der Waals surface area contributed by atoms with Crippen LogP contribution in [0.25, 0.3) is 0 Å². The molecule has 0 N–H and O–H groups in total. The Morgan fingerprint density at radius 2 is 1.86 bits per heavy atom. The maximum atomic E-state index is 16.3. The van der Waals surface area contributed by atoms with Crippen molar-refractivity contribution in [2.75, 3.05) is 0 Å². The fraction of sp³-hybridized carbons (Fsp3) is 0.840. The van der Waals surface area contributed by atoms with E-state index in [9.17, 15) is 9.59 Å². The maximum Gasteiger partial charge on any atom is 0.306 e. The Labute approximate surface area is 171 Å². The highest BCUT2D eigenvalue weighted by atomic mass is 19.1. The summed E-state index contributed by atoms with van der Waals surface area (Å²) in [4.78, 5) is 24.7. The first-order chi connectivity index (χ1) is 13.7. The van der Waals surface area contributed by atoms with E-state index in [4.69, 9.17) is 4.74 Å². The Morgan fingerprint density at radius 3 is 2.55 bits per heavy atom. The van der Waals surface area contributed by atoms with Crippen LogP contribution in [0.4, 0.5) is 4.39 Å². The summed E-state index contributed by atoms with van der Waals surface area (Å²) in [7, 11) is 0. The van der Waals surface area contributed by atoms with Gasteiger partial charge in [-0.3, -0.25) is 9.59 Å². The van der Waals surface area contributed by atoms with E-state index in [1.807, 2.05) is 6.08 Å². The van der Waals surface area contributed by atoms with Gasteiger partial charge >= 0.3 is 5.97 Å². The zero-order valence-corrected chi connectivity index (χ0v) is 17.5. The van der Waals surface area contributed by atoms with Gasteiger partial charge in [0.15, 0.2) is 5.78 Å². The third-order valence-corrected chi connectivity index (χ3v) is 11.3. The highest BCUT2D eigenvalue weighted by Crippen LogP contribution is 2.79. The number of carbonyl (C=O) groups excluding carboxylic acids is 2. The summed E-state index contributed by atoms with van der Waals surface area (Å²) in [6.45, 7) is 4.56. The first kappa shape index (κ1) is 17.5. The molecule has 0 aromatic rings. The summed E-state index contributed by atoms with van der Waals surface area (Å²) in [5.74, 6) is 1.59. The van der Waals surface area contributed by atoms with E-state index in [0.717, 1.165) is 32.1 Å². The summed E-state index contributed by atoms with van der Waals surface area (Å²) in [6.07, 6.45) is 9.23. The van der Waals surface area contributed by atoms with Crippen molar-refractivity contribution in [3.05, 3.63) is 11.6 Å². The second-order valence-electron chi connectivity index (χ2n) is 12.1. The van der Waals surface area contributed by atoms with Gasteiger partial charge in [0.2, 0.25) is 0 Å². The summed E-state index contributed by atoms with van der Waals surface area (Å²) < 4.78 is 22.3. The summed E-state index contributed by atoms with van der Waals surface area (Å²) in [6, 6.07) is 0. The number of allylic oxidation sites excluding steroid dienone is 1. The van der Waals surface area contributed by atoms with Crippen LogP contribution in [0.3, 0.4) is 0 Å². The molecule has 1 heterocycles. The van der Waals surface area contributed by atoms with Crippen molar-refractivity contribution in [2.24, 2.45) is 45.8 Å². The van der Waals surface area contributed by atoms with Crippen molar-refractivity contribution in [3.8, 4) is 0 Å². The van der Waals surface area contributed by atoms with Crippen molar-refractivity contribution < 1.29 is 18.7 Å². The fourth-order valence-corrected chi connectivity index (χ4v) is 9.81. The van der Waals surface area contributed by atoms with Crippen LogP contribution < -0.4 is 0 Å². The Hall–Kier alpha value is -1.19. The molecule has 5 saturated carbocycles. The van der Waals surface area contributed by atoms with Crippen LogP contribution in [-0.2, 0) is 14.3 Å². The molecule has 0 aromatic heterocycles. The first-order valence-corrected chi connectivity index (χ1v) is 11.9. The second kappa shape index (κ2) is 4.83. The van der Waals surface area contributed by atoms with E-state index in [-0.39, 0.29) is 34.1 Å². The molecule has 6 fully saturated rings. The van der Waals surface area contributed by atoms with Crippen molar-refractivity contribution in [1.82, 2.24) is 0 Å². The number of hydrogen-bond donors (Lipinski definition) is 0. The molecule has 7 aliphatic rings. The lowest BCUT2D eigenvalue weighted by Gasteiger charge is -2.62. The zero-order chi connectivity index (χ0) is 20.0. The van der Waals surface area contributed by atoms with Crippen molar-refractivity contribution in [3.63, 3.8) is 0 Å². The average molecular weight is 399 g/mol. The largest absolute Gasteiger partial charge is 0.458 e. The SMILES string of the molecule is C[C@@]12C(=CC(=O)C3C[C@@H]31)C1(CC1)CC1C2[C@@H](F)C[C@@]2(C)C1CC[C@@]21CCC(=O)O1. The zero-order valence-electron chi connectivity index (χ0n) is 17.5. The lowest BCUT2D eigenvalue weighted by molar-refractivity contribution is -0.180. The molecular weight excluding hydrogens is 367 g/mol. The van der Waals surface area contributed by atoms with Crippen LogP contribution in [0.5, 0.6) is 0 Å². The Morgan fingerprint density at radius 1 is 1.07 bits per heavy atom. The first-order valence-electron chi connectivity index (χ1n) is 11.9. The van der Waals surface area contributed by atoms with Crippen LogP contribution in [0.1, 0.15) is 71.6 Å². The Bertz CT molecular complexity index is 888. The maximum absolute atomic E-state index is 16.3. The molecule has 0 bridgehead atoms. The topological polar surface area (TPSA) is 43.4 Å². The number of halogens is 1. The molecule has 6 aliphatic carbocycles. The van der Waals surface area contributed by atoms with Crippen LogP contribution in [0.15, 0.2) is 11.6 Å². The summed E-state index contributed by atoms with van der Waals surface area (Å²) >= 11 is 0. The minimum atomic E-state index is -0.866. The number of alkyl halides is 1. The lowest BCUT2D eigenvalue weighted by Crippen LogP contribution is -2.61. The molecule has 7 rings (SSSR count). The van der Waals surface area contributed by atoms with E-state index in [1.54, 1.807) is 0 Å². The van der Waals surface area contributed by atoms with Crippen LogP contribution in [0.2, 0.25) is 0 Å². The molecule has 1 aliphatic heterocycles. The van der Waals surface area contributed by atoms with Gasteiger partial charge in [0.1, 0.15) is 11.8 Å². The molecule has 4 unspecified atom stereocenters. The predicted molar refractivity (Wildman–Crippen MR) is 104 cm³/mol. The van der Waals surface area contributed by atoms with Gasteiger partial charge in [0, 0.05) is 23.7 Å². The highest BCUT2D eigenvalue weighted by molar-refractivity contribution is 5.96. The van der Waals surface area contributed by atoms with Crippen molar-refractivity contribution in [1.29, 1.82) is 0 Å². The van der Waals surface area contributed by atoms with Gasteiger partial charge < -0.3 is 4.74 Å². The molecule has 9 atom stereocenters. The summed E-state index contributed by atoms with van der Waals surface area (Å²) in [5, 5.41) is 0. The van der Waals surface area contributed by atoms with Gasteiger partial charge in [0.05, 0.1) is 0 Å². The minimum absolute atomic E-state index is 0.0356. The lowest BCUT2D eigenvalue weighted by atomic mass is 9.43.